The molecule has 3 rings (SSSR count). The van der Waals surface area contributed by atoms with E-state index in [0.29, 0.717) is 11.1 Å². The van der Waals surface area contributed by atoms with E-state index in [1.807, 2.05) is 32.2 Å². The number of hydrogen-bond donors (Lipinski definition) is 1. The first-order valence-corrected chi connectivity index (χ1v) is 8.56. The lowest BCUT2D eigenvalue weighted by Crippen LogP contribution is -2.36. The third kappa shape index (κ3) is 4.01. The number of pyridine rings is 1. The van der Waals surface area contributed by atoms with E-state index in [-0.39, 0.29) is 0 Å². The van der Waals surface area contributed by atoms with Gasteiger partial charge in [-0.3, -0.25) is 4.98 Å². The van der Waals surface area contributed by atoms with E-state index < -0.39 is 0 Å². The topological polar surface area (TPSA) is 28.2 Å². The fourth-order valence-corrected chi connectivity index (χ4v) is 3.38. The molecule has 3 nitrogen and oxygen atoms in total. The molecule has 1 aromatic carbocycles. The summed E-state index contributed by atoms with van der Waals surface area (Å²) >= 11 is 12.0. The molecular formula is C18H20ClN3S. The molecule has 1 N–H and O–H groups in total. The maximum Gasteiger partial charge on any atom is 0.174 e. The Hall–Kier alpha value is -1.65. The number of nitrogens with zero attached hydrogens (tertiary/aromatic N) is 2. The first kappa shape index (κ1) is 16.2. The minimum absolute atomic E-state index is 0.514. The minimum atomic E-state index is 0.514. The van der Waals surface area contributed by atoms with Crippen LogP contribution in [-0.4, -0.2) is 21.0 Å². The van der Waals surface area contributed by atoms with Crippen molar-refractivity contribution in [2.24, 2.45) is 0 Å². The van der Waals surface area contributed by atoms with Gasteiger partial charge in [0.1, 0.15) is 0 Å². The van der Waals surface area contributed by atoms with E-state index in [9.17, 15) is 0 Å². The lowest BCUT2D eigenvalue weighted by Gasteiger charge is -2.26. The normalized spacial score (nSPS) is 13.7. The quantitative estimate of drug-likeness (QED) is 0.812. The highest BCUT2D eigenvalue weighted by Crippen LogP contribution is 2.31. The standard InChI is InChI=1S/C18H20ClN3S/c1-12-8-13(2)17(16(19)9-12)21-18(23)22(15-5-6-15)11-14-4-3-7-20-10-14/h3-4,7-10,15H,5-6,11H2,1-2H3,(H,21,23). The van der Waals surface area contributed by atoms with Crippen LogP contribution in [-0.2, 0) is 6.54 Å². The van der Waals surface area contributed by atoms with Crippen molar-refractivity contribution in [1.82, 2.24) is 9.88 Å². The summed E-state index contributed by atoms with van der Waals surface area (Å²) in [7, 11) is 0. The molecule has 5 heteroatoms. The van der Waals surface area contributed by atoms with E-state index in [4.69, 9.17) is 23.8 Å². The second kappa shape index (κ2) is 6.85. The highest BCUT2D eigenvalue weighted by atomic mass is 35.5. The molecule has 0 aliphatic heterocycles. The van der Waals surface area contributed by atoms with Gasteiger partial charge < -0.3 is 10.2 Å². The minimum Gasteiger partial charge on any atom is -0.342 e. The van der Waals surface area contributed by atoms with Gasteiger partial charge in [0.25, 0.3) is 0 Å². The molecule has 0 amide bonds. The molecule has 2 aromatic rings. The summed E-state index contributed by atoms with van der Waals surface area (Å²) in [4.78, 5) is 6.43. The van der Waals surface area contributed by atoms with Crippen molar-refractivity contribution >= 4 is 34.6 Å². The molecule has 0 unspecified atom stereocenters. The Kier molecular flexibility index (Phi) is 4.83. The zero-order valence-corrected chi connectivity index (χ0v) is 14.9. The molecule has 0 atom stereocenters. The van der Waals surface area contributed by atoms with Crippen LogP contribution in [0.25, 0.3) is 0 Å². The maximum atomic E-state index is 6.39. The Balaban J connectivity index is 1.77. The number of rotatable bonds is 4. The molecule has 0 radical (unpaired) electrons. The lowest BCUT2D eigenvalue weighted by molar-refractivity contribution is 0.409. The Morgan fingerprint density at radius 1 is 1.39 bits per heavy atom. The van der Waals surface area contributed by atoms with Gasteiger partial charge in [0, 0.05) is 25.0 Å². The van der Waals surface area contributed by atoms with Crippen molar-refractivity contribution < 1.29 is 0 Å². The van der Waals surface area contributed by atoms with Gasteiger partial charge in [-0.25, -0.2) is 0 Å². The second-order valence-corrected chi connectivity index (χ2v) is 6.88. The van der Waals surface area contributed by atoms with Gasteiger partial charge in [0.15, 0.2) is 5.11 Å². The molecular weight excluding hydrogens is 326 g/mol. The summed E-state index contributed by atoms with van der Waals surface area (Å²) in [6.07, 6.45) is 6.05. The van der Waals surface area contributed by atoms with Crippen molar-refractivity contribution in [3.63, 3.8) is 0 Å². The van der Waals surface area contributed by atoms with Crippen molar-refractivity contribution in [3.8, 4) is 0 Å². The van der Waals surface area contributed by atoms with Crippen LogP contribution in [0, 0.1) is 13.8 Å². The van der Waals surface area contributed by atoms with E-state index >= 15 is 0 Å². The Labute approximate surface area is 147 Å². The largest absolute Gasteiger partial charge is 0.342 e. The first-order valence-electron chi connectivity index (χ1n) is 7.78. The van der Waals surface area contributed by atoms with Gasteiger partial charge in [0.05, 0.1) is 10.7 Å². The van der Waals surface area contributed by atoms with Gasteiger partial charge in [-0.05, 0) is 67.7 Å². The third-order valence-electron chi connectivity index (χ3n) is 3.99. The van der Waals surface area contributed by atoms with Crippen molar-refractivity contribution in [1.29, 1.82) is 0 Å². The number of thiocarbonyl (C=S) groups is 1. The Morgan fingerprint density at radius 2 is 2.17 bits per heavy atom. The van der Waals surface area contributed by atoms with Crippen molar-refractivity contribution in [2.75, 3.05) is 5.32 Å². The van der Waals surface area contributed by atoms with E-state index in [0.717, 1.165) is 34.0 Å². The second-order valence-electron chi connectivity index (χ2n) is 6.09. The predicted molar refractivity (Wildman–Crippen MR) is 99.9 cm³/mol. The average Bonchev–Trinajstić information content (AvgIpc) is 3.34. The third-order valence-corrected chi connectivity index (χ3v) is 4.62. The van der Waals surface area contributed by atoms with Crippen LogP contribution in [0.1, 0.15) is 29.5 Å². The smallest absolute Gasteiger partial charge is 0.174 e. The number of benzene rings is 1. The van der Waals surface area contributed by atoms with E-state index in [2.05, 4.69) is 27.3 Å². The number of anilines is 1. The fraction of sp³-hybridized carbons (Fsp3) is 0.333. The zero-order valence-electron chi connectivity index (χ0n) is 13.3. The molecule has 23 heavy (non-hydrogen) atoms. The van der Waals surface area contributed by atoms with Gasteiger partial charge >= 0.3 is 0 Å². The molecule has 0 saturated heterocycles. The molecule has 120 valence electrons. The molecule has 1 saturated carbocycles. The van der Waals surface area contributed by atoms with Crippen LogP contribution < -0.4 is 5.32 Å². The monoisotopic (exact) mass is 345 g/mol. The Bertz CT molecular complexity index is 690. The molecule has 1 aromatic heterocycles. The molecule has 1 aliphatic rings. The summed E-state index contributed by atoms with van der Waals surface area (Å²) in [6.45, 7) is 4.86. The zero-order chi connectivity index (χ0) is 16.4. The highest BCUT2D eigenvalue weighted by molar-refractivity contribution is 7.80. The van der Waals surface area contributed by atoms with Crippen LogP contribution in [0.2, 0.25) is 5.02 Å². The van der Waals surface area contributed by atoms with Crippen LogP contribution in [0.15, 0.2) is 36.7 Å². The fourth-order valence-electron chi connectivity index (χ4n) is 2.69. The van der Waals surface area contributed by atoms with Crippen LogP contribution in [0.4, 0.5) is 5.69 Å². The maximum absolute atomic E-state index is 6.39. The molecule has 0 bridgehead atoms. The average molecular weight is 346 g/mol. The van der Waals surface area contributed by atoms with Crippen LogP contribution >= 0.6 is 23.8 Å². The summed E-state index contributed by atoms with van der Waals surface area (Å²) in [5.74, 6) is 0. The van der Waals surface area contributed by atoms with E-state index in [1.165, 1.54) is 12.8 Å². The van der Waals surface area contributed by atoms with Crippen LogP contribution in [0.3, 0.4) is 0 Å². The van der Waals surface area contributed by atoms with Gasteiger partial charge in [-0.2, -0.15) is 0 Å². The van der Waals surface area contributed by atoms with Crippen molar-refractivity contribution in [3.05, 3.63) is 58.4 Å². The summed E-state index contributed by atoms with van der Waals surface area (Å²) < 4.78 is 0. The van der Waals surface area contributed by atoms with E-state index in [1.54, 1.807) is 6.20 Å². The number of aryl methyl sites for hydroxylation is 2. The summed E-state index contributed by atoms with van der Waals surface area (Å²) in [5.41, 5.74) is 4.32. The molecule has 1 fully saturated rings. The number of nitrogens with one attached hydrogen (secondary N) is 1. The summed E-state index contributed by atoms with van der Waals surface area (Å²) in [5, 5.41) is 4.79. The molecule has 1 heterocycles. The van der Waals surface area contributed by atoms with Gasteiger partial charge in [-0.1, -0.05) is 23.7 Å². The van der Waals surface area contributed by atoms with Gasteiger partial charge in [-0.15, -0.1) is 0 Å². The predicted octanol–water partition coefficient (Wildman–Crippen LogP) is 4.71. The number of aromatic nitrogens is 1. The Morgan fingerprint density at radius 3 is 2.78 bits per heavy atom. The summed E-state index contributed by atoms with van der Waals surface area (Å²) in [6, 6.07) is 8.62. The SMILES string of the molecule is Cc1cc(C)c(NC(=S)N(Cc2cccnc2)C2CC2)c(Cl)c1. The first-order chi connectivity index (χ1) is 11.0. The number of halogens is 1. The van der Waals surface area contributed by atoms with Gasteiger partial charge in [0.2, 0.25) is 0 Å². The number of hydrogen-bond acceptors (Lipinski definition) is 2. The lowest BCUT2D eigenvalue weighted by atomic mass is 10.1. The van der Waals surface area contributed by atoms with Crippen molar-refractivity contribution in [2.45, 2.75) is 39.3 Å². The molecule has 0 spiro atoms. The molecule has 1 aliphatic carbocycles. The van der Waals surface area contributed by atoms with Crippen LogP contribution in [0.5, 0.6) is 0 Å². The highest BCUT2D eigenvalue weighted by Gasteiger charge is 2.31.